The van der Waals surface area contributed by atoms with Gasteiger partial charge in [-0.15, -0.1) is 11.8 Å². The van der Waals surface area contributed by atoms with Crippen LogP contribution in [0.1, 0.15) is 16.5 Å². The maximum atomic E-state index is 14.1. The summed E-state index contributed by atoms with van der Waals surface area (Å²) in [6.45, 7) is 1.88. The number of thioether (sulfide) groups is 1. The zero-order valence-corrected chi connectivity index (χ0v) is 12.4. The molecule has 2 N–H and O–H groups in total. The van der Waals surface area contributed by atoms with Crippen molar-refractivity contribution < 1.29 is 9.18 Å². The molecule has 1 fully saturated rings. The van der Waals surface area contributed by atoms with Gasteiger partial charge in [-0.2, -0.15) is 0 Å². The molecule has 0 aliphatic carbocycles. The summed E-state index contributed by atoms with van der Waals surface area (Å²) in [5, 5.41) is -0.239. The van der Waals surface area contributed by atoms with Crippen LogP contribution >= 0.6 is 11.8 Å². The highest BCUT2D eigenvalue weighted by Gasteiger charge is 2.35. The van der Waals surface area contributed by atoms with Crippen molar-refractivity contribution in [2.75, 3.05) is 16.4 Å². The van der Waals surface area contributed by atoms with E-state index in [9.17, 15) is 9.18 Å². The number of amides is 1. The summed E-state index contributed by atoms with van der Waals surface area (Å²) in [7, 11) is 0. The minimum absolute atomic E-state index is 0.0862. The molecule has 3 nitrogen and oxygen atoms in total. The maximum absolute atomic E-state index is 14.1. The van der Waals surface area contributed by atoms with E-state index < -0.39 is 0 Å². The SMILES string of the molecule is Cc1ccc(F)c(N2C(=O)CS[C@@H]2c2cccc(N)c2)c1. The third-order valence-corrected chi connectivity index (χ3v) is 4.64. The van der Waals surface area contributed by atoms with Crippen LogP contribution in [0, 0.1) is 12.7 Å². The molecule has 108 valence electrons. The lowest BCUT2D eigenvalue weighted by Gasteiger charge is -2.25. The van der Waals surface area contributed by atoms with Crippen LogP contribution in [-0.2, 0) is 4.79 Å². The van der Waals surface area contributed by atoms with E-state index in [1.807, 2.05) is 25.1 Å². The minimum Gasteiger partial charge on any atom is -0.399 e. The van der Waals surface area contributed by atoms with Crippen LogP contribution in [0.15, 0.2) is 42.5 Å². The summed E-state index contributed by atoms with van der Waals surface area (Å²) in [5.74, 6) is -0.130. The first-order valence-corrected chi connectivity index (χ1v) is 7.66. The first-order chi connectivity index (χ1) is 10.1. The van der Waals surface area contributed by atoms with Crippen molar-refractivity contribution in [1.29, 1.82) is 0 Å². The molecule has 1 atom stereocenters. The molecule has 5 heteroatoms. The van der Waals surface area contributed by atoms with E-state index in [4.69, 9.17) is 5.73 Å². The Balaban J connectivity index is 2.06. The van der Waals surface area contributed by atoms with Gasteiger partial charge in [0.1, 0.15) is 11.2 Å². The van der Waals surface area contributed by atoms with Crippen molar-refractivity contribution in [3.05, 3.63) is 59.4 Å². The van der Waals surface area contributed by atoms with Gasteiger partial charge in [0.15, 0.2) is 0 Å². The number of hydrogen-bond acceptors (Lipinski definition) is 3. The first-order valence-electron chi connectivity index (χ1n) is 6.61. The van der Waals surface area contributed by atoms with Gasteiger partial charge in [0, 0.05) is 5.69 Å². The highest BCUT2D eigenvalue weighted by atomic mass is 32.2. The lowest BCUT2D eigenvalue weighted by molar-refractivity contribution is -0.115. The Morgan fingerprint density at radius 3 is 2.86 bits per heavy atom. The van der Waals surface area contributed by atoms with E-state index in [0.717, 1.165) is 11.1 Å². The second-order valence-electron chi connectivity index (χ2n) is 5.05. The molecule has 1 saturated heterocycles. The van der Waals surface area contributed by atoms with Crippen LogP contribution in [0.2, 0.25) is 0 Å². The predicted molar refractivity (Wildman–Crippen MR) is 84.7 cm³/mol. The van der Waals surface area contributed by atoms with Gasteiger partial charge in [0.05, 0.1) is 11.4 Å². The standard InChI is InChI=1S/C16H15FN2OS/c1-10-5-6-13(17)14(7-10)19-15(20)9-21-16(19)11-3-2-4-12(18)8-11/h2-8,16H,9,18H2,1H3/t16-/m1/s1. The number of rotatable bonds is 2. The van der Waals surface area contributed by atoms with Gasteiger partial charge < -0.3 is 5.73 Å². The molecule has 2 aromatic carbocycles. The summed E-state index contributed by atoms with van der Waals surface area (Å²) >= 11 is 1.48. The summed E-state index contributed by atoms with van der Waals surface area (Å²) in [6, 6.07) is 12.2. The van der Waals surface area contributed by atoms with Crippen molar-refractivity contribution in [2.24, 2.45) is 0 Å². The normalized spacial score (nSPS) is 18.3. The number of nitrogens with zero attached hydrogens (tertiary/aromatic N) is 1. The average molecular weight is 302 g/mol. The van der Waals surface area contributed by atoms with Crippen molar-refractivity contribution in [3.8, 4) is 0 Å². The van der Waals surface area contributed by atoms with Crippen LogP contribution in [0.4, 0.5) is 15.8 Å². The molecular formula is C16H15FN2OS. The zero-order valence-electron chi connectivity index (χ0n) is 11.5. The number of carbonyl (C=O) groups excluding carboxylic acids is 1. The molecule has 1 aliphatic heterocycles. The number of aryl methyl sites for hydroxylation is 1. The van der Waals surface area contributed by atoms with Gasteiger partial charge in [-0.3, -0.25) is 9.69 Å². The Morgan fingerprint density at radius 2 is 2.10 bits per heavy atom. The Labute approximate surface area is 126 Å². The molecule has 21 heavy (non-hydrogen) atoms. The predicted octanol–water partition coefficient (Wildman–Crippen LogP) is 3.49. The molecule has 2 aromatic rings. The minimum atomic E-state index is -0.384. The van der Waals surface area contributed by atoms with E-state index in [1.54, 1.807) is 18.2 Å². The summed E-state index contributed by atoms with van der Waals surface area (Å²) in [5.41, 5.74) is 8.61. The van der Waals surface area contributed by atoms with Crippen molar-refractivity contribution in [1.82, 2.24) is 0 Å². The summed E-state index contributed by atoms with van der Waals surface area (Å²) in [4.78, 5) is 13.7. The molecule has 0 radical (unpaired) electrons. The Bertz CT molecular complexity index is 704. The van der Waals surface area contributed by atoms with Crippen LogP contribution in [-0.4, -0.2) is 11.7 Å². The molecule has 0 spiro atoms. The lowest BCUT2D eigenvalue weighted by atomic mass is 10.1. The Kier molecular flexibility index (Phi) is 3.59. The van der Waals surface area contributed by atoms with E-state index in [-0.39, 0.29) is 17.1 Å². The molecule has 1 aliphatic rings. The van der Waals surface area contributed by atoms with Crippen molar-refractivity contribution in [3.63, 3.8) is 0 Å². The molecule has 1 amide bonds. The third kappa shape index (κ3) is 2.61. The Morgan fingerprint density at radius 1 is 1.29 bits per heavy atom. The fourth-order valence-electron chi connectivity index (χ4n) is 2.45. The van der Waals surface area contributed by atoms with Gasteiger partial charge in [0.25, 0.3) is 0 Å². The van der Waals surface area contributed by atoms with Gasteiger partial charge in [-0.25, -0.2) is 4.39 Å². The van der Waals surface area contributed by atoms with Crippen molar-refractivity contribution in [2.45, 2.75) is 12.3 Å². The number of anilines is 2. The summed E-state index contributed by atoms with van der Waals surface area (Å²) in [6.07, 6.45) is 0. The quantitative estimate of drug-likeness (QED) is 0.864. The van der Waals surface area contributed by atoms with E-state index in [2.05, 4.69) is 0 Å². The molecule has 0 bridgehead atoms. The first kappa shape index (κ1) is 13.9. The summed E-state index contributed by atoms with van der Waals surface area (Å²) < 4.78 is 14.1. The maximum Gasteiger partial charge on any atom is 0.238 e. The van der Waals surface area contributed by atoms with Crippen molar-refractivity contribution >= 4 is 29.0 Å². The van der Waals surface area contributed by atoms with Gasteiger partial charge in [-0.1, -0.05) is 18.2 Å². The third-order valence-electron chi connectivity index (χ3n) is 3.42. The largest absolute Gasteiger partial charge is 0.399 e. The molecule has 1 heterocycles. The highest BCUT2D eigenvalue weighted by Crippen LogP contribution is 2.43. The second kappa shape index (κ2) is 5.41. The number of halogens is 1. The Hall–Kier alpha value is -2.01. The highest BCUT2D eigenvalue weighted by molar-refractivity contribution is 8.00. The van der Waals surface area contributed by atoms with Gasteiger partial charge in [-0.05, 0) is 42.3 Å². The van der Waals surface area contributed by atoms with E-state index in [0.29, 0.717) is 17.1 Å². The lowest BCUT2D eigenvalue weighted by Crippen LogP contribution is -2.28. The average Bonchev–Trinajstić information content (AvgIpc) is 2.83. The molecule has 3 rings (SSSR count). The van der Waals surface area contributed by atoms with Gasteiger partial charge in [0.2, 0.25) is 5.91 Å². The van der Waals surface area contributed by atoms with Crippen LogP contribution in [0.25, 0.3) is 0 Å². The fourth-order valence-corrected chi connectivity index (χ4v) is 3.61. The second-order valence-corrected chi connectivity index (χ2v) is 6.12. The number of hydrogen-bond donors (Lipinski definition) is 1. The molecule has 0 unspecified atom stereocenters. The number of nitrogen functional groups attached to an aromatic ring is 1. The molecule has 0 saturated carbocycles. The molecular weight excluding hydrogens is 287 g/mol. The van der Waals surface area contributed by atoms with Crippen LogP contribution in [0.3, 0.4) is 0 Å². The van der Waals surface area contributed by atoms with Gasteiger partial charge >= 0.3 is 0 Å². The monoisotopic (exact) mass is 302 g/mol. The fraction of sp³-hybridized carbons (Fsp3) is 0.188. The van der Waals surface area contributed by atoms with E-state index >= 15 is 0 Å². The smallest absolute Gasteiger partial charge is 0.238 e. The molecule has 0 aromatic heterocycles. The van der Waals surface area contributed by atoms with E-state index in [1.165, 1.54) is 22.7 Å². The number of carbonyl (C=O) groups is 1. The zero-order chi connectivity index (χ0) is 15.0. The topological polar surface area (TPSA) is 46.3 Å². The number of benzene rings is 2. The van der Waals surface area contributed by atoms with Crippen LogP contribution in [0.5, 0.6) is 0 Å². The number of nitrogens with two attached hydrogens (primary N) is 1. The van der Waals surface area contributed by atoms with Crippen LogP contribution < -0.4 is 10.6 Å².